The van der Waals surface area contributed by atoms with E-state index in [-0.39, 0.29) is 30.1 Å². The number of aryl methyl sites for hydroxylation is 1. The normalized spacial score (nSPS) is 16.0. The number of hydrogen-bond acceptors (Lipinski definition) is 5. The molecule has 8 heteroatoms. The van der Waals surface area contributed by atoms with Gasteiger partial charge in [0.25, 0.3) is 0 Å². The van der Waals surface area contributed by atoms with Gasteiger partial charge >= 0.3 is 0 Å². The van der Waals surface area contributed by atoms with Gasteiger partial charge in [0.15, 0.2) is 5.96 Å². The van der Waals surface area contributed by atoms with Crippen molar-refractivity contribution in [2.45, 2.75) is 32.5 Å². The molecule has 0 amide bonds. The monoisotopic (exact) mass is 525 g/mol. The Morgan fingerprint density at radius 2 is 2.03 bits per heavy atom. The molecule has 2 heterocycles. The maximum atomic E-state index is 6.18. The molecule has 3 rings (SSSR count). The number of ether oxygens (including phenoxy) is 2. The van der Waals surface area contributed by atoms with Crippen molar-refractivity contribution >= 4 is 35.8 Å². The molecule has 0 bridgehead atoms. The molecule has 30 heavy (non-hydrogen) atoms. The summed E-state index contributed by atoms with van der Waals surface area (Å²) >= 11 is 0. The third-order valence-corrected chi connectivity index (χ3v) is 4.80. The quantitative estimate of drug-likeness (QED) is 0.329. The third kappa shape index (κ3) is 7.02. The van der Waals surface area contributed by atoms with E-state index in [1.54, 1.807) is 7.05 Å². The number of halogens is 1. The highest BCUT2D eigenvalue weighted by molar-refractivity contribution is 14.0. The van der Waals surface area contributed by atoms with Crippen molar-refractivity contribution in [1.29, 1.82) is 0 Å². The van der Waals surface area contributed by atoms with Crippen LogP contribution in [0.1, 0.15) is 23.1 Å². The summed E-state index contributed by atoms with van der Waals surface area (Å²) in [5.41, 5.74) is 3.43. The van der Waals surface area contributed by atoms with Gasteiger partial charge in [0.05, 0.1) is 13.2 Å². The van der Waals surface area contributed by atoms with E-state index in [4.69, 9.17) is 9.47 Å². The van der Waals surface area contributed by atoms with Gasteiger partial charge < -0.3 is 25.0 Å². The molecular weight excluding hydrogens is 493 g/mol. The minimum Gasteiger partial charge on any atom is -0.488 e. The molecule has 2 N–H and O–H groups in total. The Bertz CT molecular complexity index is 838. The van der Waals surface area contributed by atoms with E-state index in [0.29, 0.717) is 19.7 Å². The van der Waals surface area contributed by atoms with Crippen molar-refractivity contribution in [3.8, 4) is 5.75 Å². The van der Waals surface area contributed by atoms with Crippen LogP contribution in [0.3, 0.4) is 0 Å². The molecule has 1 atom stereocenters. The van der Waals surface area contributed by atoms with Crippen LogP contribution >= 0.6 is 24.0 Å². The van der Waals surface area contributed by atoms with Crippen molar-refractivity contribution in [3.63, 3.8) is 0 Å². The largest absolute Gasteiger partial charge is 0.488 e. The summed E-state index contributed by atoms with van der Waals surface area (Å²) in [6.45, 7) is 4.80. The summed E-state index contributed by atoms with van der Waals surface area (Å²) in [7, 11) is 5.74. The molecule has 164 valence electrons. The molecule has 1 aliphatic rings. The second kappa shape index (κ2) is 11.9. The first kappa shape index (κ1) is 24.2. The molecule has 0 spiro atoms. The van der Waals surface area contributed by atoms with Crippen LogP contribution in [0.2, 0.25) is 0 Å². The highest BCUT2D eigenvalue weighted by atomic mass is 127. The van der Waals surface area contributed by atoms with Gasteiger partial charge in [-0.15, -0.1) is 24.0 Å². The summed E-state index contributed by atoms with van der Waals surface area (Å²) in [6, 6.07) is 10.4. The number of guanidine groups is 1. The molecule has 0 radical (unpaired) electrons. The van der Waals surface area contributed by atoms with Gasteiger partial charge in [0.2, 0.25) is 0 Å². The zero-order valence-corrected chi connectivity index (χ0v) is 20.5. The molecule has 0 aliphatic carbocycles. The molecule has 2 aromatic rings. The lowest BCUT2D eigenvalue weighted by molar-refractivity contribution is 0.140. The zero-order valence-electron chi connectivity index (χ0n) is 18.1. The van der Waals surface area contributed by atoms with E-state index in [9.17, 15) is 0 Å². The van der Waals surface area contributed by atoms with E-state index in [2.05, 4.69) is 51.8 Å². The first-order chi connectivity index (χ1) is 14.0. The fourth-order valence-corrected chi connectivity index (χ4v) is 3.10. The van der Waals surface area contributed by atoms with Crippen molar-refractivity contribution in [3.05, 3.63) is 53.2 Å². The van der Waals surface area contributed by atoms with Crippen molar-refractivity contribution in [2.24, 2.45) is 4.99 Å². The number of hydrogen-bond donors (Lipinski definition) is 2. The maximum Gasteiger partial charge on any atom is 0.191 e. The summed E-state index contributed by atoms with van der Waals surface area (Å²) in [6.07, 6.45) is 2.89. The number of aliphatic imine (C=N–C) groups is 1. The van der Waals surface area contributed by atoms with Gasteiger partial charge in [-0.05, 0) is 36.2 Å². The van der Waals surface area contributed by atoms with Crippen LogP contribution in [0.5, 0.6) is 5.75 Å². The second-order valence-corrected chi connectivity index (χ2v) is 7.41. The topological polar surface area (TPSA) is 71.0 Å². The van der Waals surface area contributed by atoms with Crippen LogP contribution < -0.4 is 20.3 Å². The zero-order chi connectivity index (χ0) is 20.6. The Morgan fingerprint density at radius 1 is 1.23 bits per heavy atom. The molecule has 1 fully saturated rings. The Hall–Kier alpha value is -2.07. The highest BCUT2D eigenvalue weighted by Crippen LogP contribution is 2.23. The van der Waals surface area contributed by atoms with Crippen LogP contribution in [-0.2, 0) is 17.8 Å². The predicted molar refractivity (Wildman–Crippen MR) is 132 cm³/mol. The van der Waals surface area contributed by atoms with Crippen LogP contribution in [0.25, 0.3) is 0 Å². The maximum absolute atomic E-state index is 6.18. The van der Waals surface area contributed by atoms with Gasteiger partial charge in [-0.1, -0.05) is 12.1 Å². The van der Waals surface area contributed by atoms with Crippen molar-refractivity contribution in [1.82, 2.24) is 15.6 Å². The number of nitrogens with one attached hydrogen (secondary N) is 2. The fraction of sp³-hybridized carbons (Fsp3) is 0.455. The summed E-state index contributed by atoms with van der Waals surface area (Å²) in [5, 5.41) is 6.74. The molecule has 1 unspecified atom stereocenters. The Labute approximate surface area is 196 Å². The smallest absolute Gasteiger partial charge is 0.191 e. The molecule has 1 aliphatic heterocycles. The van der Waals surface area contributed by atoms with Crippen molar-refractivity contribution in [2.75, 3.05) is 39.3 Å². The van der Waals surface area contributed by atoms with E-state index < -0.39 is 0 Å². The van der Waals surface area contributed by atoms with Gasteiger partial charge in [0.1, 0.15) is 17.7 Å². The fourth-order valence-electron chi connectivity index (χ4n) is 3.10. The van der Waals surface area contributed by atoms with E-state index in [1.807, 2.05) is 31.3 Å². The lowest BCUT2D eigenvalue weighted by Gasteiger charge is -2.18. The minimum absolute atomic E-state index is 0. The van der Waals surface area contributed by atoms with Crippen LogP contribution in [-0.4, -0.2) is 51.4 Å². The Morgan fingerprint density at radius 3 is 2.73 bits per heavy atom. The molecule has 1 saturated heterocycles. The first-order valence-corrected chi connectivity index (χ1v) is 9.96. The van der Waals surface area contributed by atoms with Crippen molar-refractivity contribution < 1.29 is 9.47 Å². The number of aromatic nitrogens is 1. The molecule has 0 saturated carbocycles. The average molecular weight is 525 g/mol. The standard InChI is InChI=1S/C22H31N5O2.HI/c1-16-5-6-18(20(11-16)29-19-8-10-28-15-19)14-26-22(23-2)25-13-17-7-9-24-21(12-17)27(3)4;/h5-7,9,11-12,19H,8,10,13-15H2,1-4H3,(H2,23,25,26);1H. The summed E-state index contributed by atoms with van der Waals surface area (Å²) < 4.78 is 11.6. The van der Waals surface area contributed by atoms with E-state index in [1.165, 1.54) is 5.56 Å². The molecular formula is C22H32IN5O2. The van der Waals surface area contributed by atoms with Gasteiger partial charge in [-0.3, -0.25) is 4.99 Å². The molecule has 1 aromatic carbocycles. The summed E-state index contributed by atoms with van der Waals surface area (Å²) in [4.78, 5) is 10.7. The van der Waals surface area contributed by atoms with E-state index in [0.717, 1.165) is 41.7 Å². The lowest BCUT2D eigenvalue weighted by Crippen LogP contribution is -2.36. The Balaban J connectivity index is 0.00000320. The molecule has 7 nitrogen and oxygen atoms in total. The number of nitrogens with zero attached hydrogens (tertiary/aromatic N) is 3. The van der Waals surface area contributed by atoms with Crippen LogP contribution in [0.4, 0.5) is 5.82 Å². The number of rotatable bonds is 7. The number of anilines is 1. The van der Waals surface area contributed by atoms with Gasteiger partial charge in [-0.25, -0.2) is 4.98 Å². The summed E-state index contributed by atoms with van der Waals surface area (Å²) in [5.74, 6) is 2.58. The third-order valence-electron chi connectivity index (χ3n) is 4.80. The predicted octanol–water partition coefficient (Wildman–Crippen LogP) is 3.11. The SMILES string of the molecule is CN=C(NCc1ccnc(N(C)C)c1)NCc1ccc(C)cc1OC1CCOC1.I. The minimum atomic E-state index is 0. The van der Waals surface area contributed by atoms with Crippen LogP contribution in [0.15, 0.2) is 41.5 Å². The lowest BCUT2D eigenvalue weighted by atomic mass is 10.1. The highest BCUT2D eigenvalue weighted by Gasteiger charge is 2.18. The van der Waals surface area contributed by atoms with Gasteiger partial charge in [-0.2, -0.15) is 0 Å². The first-order valence-electron chi connectivity index (χ1n) is 9.96. The van der Waals surface area contributed by atoms with Crippen LogP contribution in [0, 0.1) is 6.92 Å². The molecule has 1 aromatic heterocycles. The van der Waals surface area contributed by atoms with E-state index >= 15 is 0 Å². The second-order valence-electron chi connectivity index (χ2n) is 7.41. The Kier molecular flexibility index (Phi) is 9.64. The number of benzene rings is 1. The van der Waals surface area contributed by atoms with Gasteiger partial charge in [0, 0.05) is 52.4 Å². The number of pyridine rings is 1. The average Bonchev–Trinajstić information content (AvgIpc) is 3.22.